The third-order valence-corrected chi connectivity index (χ3v) is 4.19. The maximum absolute atomic E-state index is 10.6. The zero-order valence-corrected chi connectivity index (χ0v) is 11.3. The minimum absolute atomic E-state index is 0.0390. The Bertz CT molecular complexity index is 539. The van der Waals surface area contributed by atoms with Crippen LogP contribution in [0, 0.1) is 10.1 Å². The summed E-state index contributed by atoms with van der Waals surface area (Å²) in [5.41, 5.74) is 0. The predicted octanol–water partition coefficient (Wildman–Crippen LogP) is 2.59. The first-order chi connectivity index (χ1) is 8.70. The molecule has 0 aliphatic rings. The summed E-state index contributed by atoms with van der Waals surface area (Å²) >= 11 is 2.35. The van der Waals surface area contributed by atoms with Gasteiger partial charge in [0.1, 0.15) is 12.5 Å². The Hall–Kier alpha value is -1.48. The second-order valence-electron chi connectivity index (χ2n) is 3.48. The Kier molecular flexibility index (Phi) is 4.26. The van der Waals surface area contributed by atoms with Crippen molar-refractivity contribution in [3.63, 3.8) is 0 Å². The lowest BCUT2D eigenvalue weighted by molar-refractivity contribution is -0.380. The number of hydrogen-bond donors (Lipinski definition) is 0. The van der Waals surface area contributed by atoms with Crippen LogP contribution in [0.4, 0.5) is 5.00 Å². The minimum atomic E-state index is -0.441. The van der Waals surface area contributed by atoms with Gasteiger partial charge in [-0.1, -0.05) is 13.3 Å². The SMILES string of the molecule is CCCCn1cnnc1Sc1ncc([N+](=O)[O-])s1. The van der Waals surface area contributed by atoms with E-state index < -0.39 is 4.92 Å². The molecular formula is C9H11N5O2S2. The Labute approximate surface area is 111 Å². The van der Waals surface area contributed by atoms with E-state index in [4.69, 9.17) is 0 Å². The van der Waals surface area contributed by atoms with Gasteiger partial charge in [-0.3, -0.25) is 10.1 Å². The monoisotopic (exact) mass is 285 g/mol. The number of nitro groups is 1. The molecule has 18 heavy (non-hydrogen) atoms. The second-order valence-corrected chi connectivity index (χ2v) is 5.71. The van der Waals surface area contributed by atoms with Gasteiger partial charge >= 0.3 is 5.00 Å². The number of unbranched alkanes of at least 4 members (excludes halogenated alkanes) is 1. The lowest BCUT2D eigenvalue weighted by atomic mass is 10.3. The van der Waals surface area contributed by atoms with Crippen molar-refractivity contribution < 1.29 is 4.92 Å². The molecule has 96 valence electrons. The molecule has 2 rings (SSSR count). The molecule has 7 nitrogen and oxygen atoms in total. The van der Waals surface area contributed by atoms with Crippen LogP contribution in [0.15, 0.2) is 22.0 Å². The van der Waals surface area contributed by atoms with Gasteiger partial charge in [-0.25, -0.2) is 4.98 Å². The van der Waals surface area contributed by atoms with Crippen LogP contribution in [0.3, 0.4) is 0 Å². The first kappa shape index (κ1) is 13.0. The molecule has 2 aromatic rings. The fourth-order valence-electron chi connectivity index (χ4n) is 1.27. The summed E-state index contributed by atoms with van der Waals surface area (Å²) in [4.78, 5) is 14.1. The van der Waals surface area contributed by atoms with E-state index in [1.807, 2.05) is 4.57 Å². The molecule has 0 aromatic carbocycles. The van der Waals surface area contributed by atoms with Crippen molar-refractivity contribution in [2.45, 2.75) is 35.8 Å². The van der Waals surface area contributed by atoms with Gasteiger partial charge in [-0.2, -0.15) is 0 Å². The van der Waals surface area contributed by atoms with E-state index in [9.17, 15) is 10.1 Å². The van der Waals surface area contributed by atoms with Crippen LogP contribution in [-0.4, -0.2) is 24.7 Å². The Balaban J connectivity index is 2.08. The largest absolute Gasteiger partial charge is 0.344 e. The van der Waals surface area contributed by atoms with E-state index in [0.717, 1.165) is 30.7 Å². The number of aromatic nitrogens is 4. The maximum atomic E-state index is 10.6. The zero-order valence-electron chi connectivity index (χ0n) is 9.65. The molecule has 0 bridgehead atoms. The number of nitrogens with zero attached hydrogens (tertiary/aromatic N) is 5. The summed E-state index contributed by atoms with van der Waals surface area (Å²) in [5, 5.41) is 19.2. The normalized spacial score (nSPS) is 10.7. The average molecular weight is 285 g/mol. The van der Waals surface area contributed by atoms with Gasteiger partial charge in [0, 0.05) is 6.54 Å². The van der Waals surface area contributed by atoms with Gasteiger partial charge in [0.15, 0.2) is 9.50 Å². The predicted molar refractivity (Wildman–Crippen MR) is 67.8 cm³/mol. The highest BCUT2D eigenvalue weighted by Gasteiger charge is 2.14. The molecule has 0 fully saturated rings. The number of rotatable bonds is 6. The van der Waals surface area contributed by atoms with Crippen LogP contribution in [0.25, 0.3) is 0 Å². The third-order valence-electron chi connectivity index (χ3n) is 2.16. The van der Waals surface area contributed by atoms with Crippen molar-refractivity contribution in [3.8, 4) is 0 Å². The lowest BCUT2D eigenvalue weighted by Gasteiger charge is -2.02. The van der Waals surface area contributed by atoms with Crippen LogP contribution < -0.4 is 0 Å². The van der Waals surface area contributed by atoms with Crippen LogP contribution in [0.1, 0.15) is 19.8 Å². The van der Waals surface area contributed by atoms with Crippen LogP contribution in [0.2, 0.25) is 0 Å². The smallest absolute Gasteiger partial charge is 0.308 e. The highest BCUT2D eigenvalue weighted by molar-refractivity contribution is 8.00. The number of thiazole rings is 1. The van der Waals surface area contributed by atoms with Gasteiger partial charge in [-0.15, -0.1) is 10.2 Å². The number of aryl methyl sites for hydroxylation is 1. The van der Waals surface area contributed by atoms with Crippen LogP contribution >= 0.6 is 23.1 Å². The van der Waals surface area contributed by atoms with Gasteiger partial charge in [-0.05, 0) is 29.5 Å². The first-order valence-electron chi connectivity index (χ1n) is 5.36. The summed E-state index contributed by atoms with van der Waals surface area (Å²) < 4.78 is 2.54. The van der Waals surface area contributed by atoms with Crippen molar-refractivity contribution in [3.05, 3.63) is 22.6 Å². The van der Waals surface area contributed by atoms with Crippen molar-refractivity contribution in [1.29, 1.82) is 0 Å². The summed E-state index contributed by atoms with van der Waals surface area (Å²) in [6, 6.07) is 0. The van der Waals surface area contributed by atoms with E-state index in [-0.39, 0.29) is 5.00 Å². The van der Waals surface area contributed by atoms with E-state index in [0.29, 0.717) is 9.50 Å². The minimum Gasteiger partial charge on any atom is -0.308 e. The van der Waals surface area contributed by atoms with Crippen molar-refractivity contribution in [1.82, 2.24) is 19.7 Å². The highest BCUT2D eigenvalue weighted by atomic mass is 32.2. The van der Waals surface area contributed by atoms with Gasteiger partial charge in [0.2, 0.25) is 0 Å². The molecule has 2 heterocycles. The molecule has 0 amide bonds. The third kappa shape index (κ3) is 3.05. The van der Waals surface area contributed by atoms with Gasteiger partial charge in [0.25, 0.3) is 0 Å². The molecule has 0 aliphatic carbocycles. The molecule has 0 unspecified atom stereocenters. The number of hydrogen-bond acceptors (Lipinski definition) is 7. The highest BCUT2D eigenvalue weighted by Crippen LogP contribution is 2.33. The van der Waals surface area contributed by atoms with Crippen LogP contribution in [0.5, 0.6) is 0 Å². The van der Waals surface area contributed by atoms with E-state index >= 15 is 0 Å². The van der Waals surface area contributed by atoms with Crippen molar-refractivity contribution in [2.75, 3.05) is 0 Å². The van der Waals surface area contributed by atoms with E-state index in [1.54, 1.807) is 6.33 Å². The molecular weight excluding hydrogens is 274 g/mol. The van der Waals surface area contributed by atoms with E-state index in [2.05, 4.69) is 22.1 Å². The van der Waals surface area contributed by atoms with Crippen LogP contribution in [-0.2, 0) is 6.54 Å². The summed E-state index contributed by atoms with van der Waals surface area (Å²) in [6.45, 7) is 2.96. The standard InChI is InChI=1S/C9H11N5O2S2/c1-2-3-4-13-6-11-12-8(13)18-9-10-5-7(17-9)14(15)16/h5-6H,2-4H2,1H3. The zero-order chi connectivity index (χ0) is 13.0. The average Bonchev–Trinajstić information content (AvgIpc) is 2.96. The molecule has 0 saturated carbocycles. The second kappa shape index (κ2) is 5.91. The fourth-order valence-corrected chi connectivity index (χ4v) is 2.98. The molecule has 9 heteroatoms. The first-order valence-corrected chi connectivity index (χ1v) is 7.00. The Morgan fingerprint density at radius 3 is 3.11 bits per heavy atom. The topological polar surface area (TPSA) is 86.7 Å². The lowest BCUT2D eigenvalue weighted by Crippen LogP contribution is -1.97. The van der Waals surface area contributed by atoms with Gasteiger partial charge in [0.05, 0.1) is 4.92 Å². The summed E-state index contributed by atoms with van der Waals surface area (Å²) in [6.07, 6.45) is 5.06. The Morgan fingerprint density at radius 1 is 1.61 bits per heavy atom. The summed E-state index contributed by atoms with van der Waals surface area (Å²) in [7, 11) is 0. The molecule has 0 aliphatic heterocycles. The fraction of sp³-hybridized carbons (Fsp3) is 0.444. The van der Waals surface area contributed by atoms with Crippen molar-refractivity contribution >= 4 is 28.1 Å². The summed E-state index contributed by atoms with van der Waals surface area (Å²) in [5.74, 6) is 0. The van der Waals surface area contributed by atoms with E-state index in [1.165, 1.54) is 18.0 Å². The molecule has 0 spiro atoms. The molecule has 0 saturated heterocycles. The molecule has 0 atom stereocenters. The molecule has 0 radical (unpaired) electrons. The van der Waals surface area contributed by atoms with Crippen molar-refractivity contribution in [2.24, 2.45) is 0 Å². The molecule has 0 N–H and O–H groups in total. The maximum Gasteiger partial charge on any atom is 0.344 e. The Morgan fingerprint density at radius 2 is 2.44 bits per heavy atom. The molecule has 2 aromatic heterocycles. The van der Waals surface area contributed by atoms with Gasteiger partial charge < -0.3 is 4.57 Å². The quantitative estimate of drug-likeness (QED) is 0.599.